The number of benzene rings is 2. The highest BCUT2D eigenvalue weighted by Crippen LogP contribution is 2.32. The van der Waals surface area contributed by atoms with Gasteiger partial charge in [0.05, 0.1) is 6.04 Å². The molecule has 6 heteroatoms. The number of hydrogen-bond acceptors (Lipinski definition) is 4. The van der Waals surface area contributed by atoms with Crippen molar-refractivity contribution in [2.75, 3.05) is 19.6 Å². The van der Waals surface area contributed by atoms with E-state index in [4.69, 9.17) is 9.47 Å². The smallest absolute Gasteiger partial charge is 0.410 e. The third-order valence-electron chi connectivity index (χ3n) is 5.45. The molecule has 2 aliphatic heterocycles. The number of likely N-dealkylation sites (tertiary alicyclic amines) is 2. The van der Waals surface area contributed by atoms with E-state index in [0.29, 0.717) is 19.6 Å². The van der Waals surface area contributed by atoms with Gasteiger partial charge in [0.25, 0.3) is 0 Å². The van der Waals surface area contributed by atoms with Crippen LogP contribution in [0.5, 0.6) is 0 Å². The average Bonchev–Trinajstić information content (AvgIpc) is 3.33. The third kappa shape index (κ3) is 4.11. The van der Waals surface area contributed by atoms with E-state index in [9.17, 15) is 9.59 Å². The molecule has 0 aliphatic carbocycles. The van der Waals surface area contributed by atoms with E-state index in [0.717, 1.165) is 17.5 Å². The molecule has 0 saturated carbocycles. The number of fused-ring (bicyclic) bond motifs is 1. The van der Waals surface area contributed by atoms with E-state index in [-0.39, 0.29) is 37.4 Å². The van der Waals surface area contributed by atoms with Gasteiger partial charge >= 0.3 is 12.2 Å². The maximum atomic E-state index is 12.5. The van der Waals surface area contributed by atoms with E-state index in [1.807, 2.05) is 60.7 Å². The van der Waals surface area contributed by atoms with Crippen LogP contribution in [0.2, 0.25) is 0 Å². The number of amides is 2. The molecule has 28 heavy (non-hydrogen) atoms. The number of rotatable bonds is 4. The zero-order valence-electron chi connectivity index (χ0n) is 15.7. The average molecular weight is 380 g/mol. The minimum Gasteiger partial charge on any atom is -0.445 e. The van der Waals surface area contributed by atoms with Crippen LogP contribution < -0.4 is 0 Å². The van der Waals surface area contributed by atoms with E-state index in [1.54, 1.807) is 9.80 Å². The summed E-state index contributed by atoms with van der Waals surface area (Å²) in [7, 11) is 0. The number of hydrogen-bond donors (Lipinski definition) is 0. The van der Waals surface area contributed by atoms with Gasteiger partial charge in [-0.15, -0.1) is 0 Å². The van der Waals surface area contributed by atoms with Crippen LogP contribution >= 0.6 is 0 Å². The summed E-state index contributed by atoms with van der Waals surface area (Å²) in [6.07, 6.45) is 0.250. The van der Waals surface area contributed by atoms with Crippen molar-refractivity contribution < 1.29 is 19.1 Å². The van der Waals surface area contributed by atoms with Crippen LogP contribution in [0.3, 0.4) is 0 Å². The van der Waals surface area contributed by atoms with Crippen LogP contribution in [0.15, 0.2) is 60.7 Å². The van der Waals surface area contributed by atoms with Crippen molar-refractivity contribution in [3.05, 3.63) is 71.8 Å². The van der Waals surface area contributed by atoms with Crippen LogP contribution in [-0.2, 0) is 22.7 Å². The molecule has 2 aromatic carbocycles. The second kappa shape index (κ2) is 8.33. The molecule has 2 amide bonds. The first-order valence-corrected chi connectivity index (χ1v) is 9.63. The van der Waals surface area contributed by atoms with Gasteiger partial charge in [0.1, 0.15) is 13.2 Å². The molecule has 2 atom stereocenters. The molecule has 2 aromatic rings. The Morgan fingerprint density at radius 1 is 0.821 bits per heavy atom. The quantitative estimate of drug-likeness (QED) is 0.812. The fourth-order valence-electron chi connectivity index (χ4n) is 3.95. The first-order valence-electron chi connectivity index (χ1n) is 9.63. The van der Waals surface area contributed by atoms with E-state index < -0.39 is 0 Å². The van der Waals surface area contributed by atoms with Gasteiger partial charge in [-0.05, 0) is 17.5 Å². The van der Waals surface area contributed by atoms with Gasteiger partial charge in [-0.1, -0.05) is 60.7 Å². The second-order valence-electron chi connectivity index (χ2n) is 7.29. The summed E-state index contributed by atoms with van der Waals surface area (Å²) in [5.74, 6) is 0.286. The second-order valence-corrected chi connectivity index (χ2v) is 7.29. The lowest BCUT2D eigenvalue weighted by Crippen LogP contribution is -2.41. The van der Waals surface area contributed by atoms with Crippen molar-refractivity contribution >= 4 is 12.2 Å². The Morgan fingerprint density at radius 2 is 1.39 bits per heavy atom. The summed E-state index contributed by atoms with van der Waals surface area (Å²) in [4.78, 5) is 28.4. The fraction of sp³-hybridized carbons (Fsp3) is 0.364. The van der Waals surface area contributed by atoms with Gasteiger partial charge in [-0.3, -0.25) is 0 Å². The normalized spacial score (nSPS) is 20.7. The minimum atomic E-state index is -0.323. The van der Waals surface area contributed by atoms with Gasteiger partial charge in [0.2, 0.25) is 0 Å². The molecule has 2 heterocycles. The Hall–Kier alpha value is -3.02. The predicted octanol–water partition coefficient (Wildman–Crippen LogP) is 3.67. The summed E-state index contributed by atoms with van der Waals surface area (Å²) in [5.41, 5.74) is 1.92. The van der Waals surface area contributed by atoms with Crippen LogP contribution in [-0.4, -0.2) is 47.7 Å². The molecule has 2 aliphatic rings. The molecule has 0 bridgehead atoms. The summed E-state index contributed by atoms with van der Waals surface area (Å²) in [5, 5.41) is 0. The van der Waals surface area contributed by atoms with Crippen molar-refractivity contribution in [1.29, 1.82) is 0 Å². The number of ether oxygens (including phenoxy) is 2. The highest BCUT2D eigenvalue weighted by Gasteiger charge is 2.45. The Labute approximate surface area is 164 Å². The van der Waals surface area contributed by atoms with E-state index in [2.05, 4.69) is 0 Å². The topological polar surface area (TPSA) is 59.1 Å². The minimum absolute atomic E-state index is 0.00699. The number of carbonyl (C=O) groups is 2. The third-order valence-corrected chi connectivity index (χ3v) is 5.45. The molecule has 4 rings (SSSR count). The molecule has 0 aromatic heterocycles. The maximum absolute atomic E-state index is 12.5. The zero-order chi connectivity index (χ0) is 19.3. The van der Waals surface area contributed by atoms with Crippen molar-refractivity contribution in [3.8, 4) is 0 Å². The highest BCUT2D eigenvalue weighted by molar-refractivity contribution is 5.71. The number of nitrogens with zero attached hydrogens (tertiary/aromatic N) is 2. The molecule has 0 unspecified atom stereocenters. The van der Waals surface area contributed by atoms with Crippen molar-refractivity contribution in [1.82, 2.24) is 9.80 Å². The largest absolute Gasteiger partial charge is 0.445 e. The van der Waals surface area contributed by atoms with Crippen LogP contribution in [0.1, 0.15) is 17.5 Å². The first-order chi connectivity index (χ1) is 13.7. The maximum Gasteiger partial charge on any atom is 0.410 e. The van der Waals surface area contributed by atoms with Gasteiger partial charge in [0, 0.05) is 25.6 Å². The van der Waals surface area contributed by atoms with Crippen LogP contribution in [0.4, 0.5) is 9.59 Å². The molecule has 0 N–H and O–H groups in total. The Kier molecular flexibility index (Phi) is 5.46. The summed E-state index contributed by atoms with van der Waals surface area (Å²) in [6, 6.07) is 19.3. The molecule has 146 valence electrons. The Bertz CT molecular complexity index is 812. The van der Waals surface area contributed by atoms with E-state index >= 15 is 0 Å². The predicted molar refractivity (Wildman–Crippen MR) is 103 cm³/mol. The summed E-state index contributed by atoms with van der Waals surface area (Å²) < 4.78 is 10.9. The standard InChI is InChI=1S/C22H24N2O4/c25-21(27-15-17-7-3-1-4-8-17)23-13-19-11-12-24(20(19)14-23)22(26)28-16-18-9-5-2-6-10-18/h1-10,19-20H,11-16H2/t19-,20+/m1/s1. The van der Waals surface area contributed by atoms with Crippen molar-refractivity contribution in [2.45, 2.75) is 25.7 Å². The van der Waals surface area contributed by atoms with Crippen LogP contribution in [0, 0.1) is 5.92 Å². The highest BCUT2D eigenvalue weighted by atomic mass is 16.6. The lowest BCUT2D eigenvalue weighted by molar-refractivity contribution is 0.0836. The molecule has 2 fully saturated rings. The van der Waals surface area contributed by atoms with Crippen molar-refractivity contribution in [3.63, 3.8) is 0 Å². The molecule has 2 saturated heterocycles. The lowest BCUT2D eigenvalue weighted by Gasteiger charge is -2.24. The van der Waals surface area contributed by atoms with Gasteiger partial charge in [0.15, 0.2) is 0 Å². The van der Waals surface area contributed by atoms with Crippen LogP contribution in [0.25, 0.3) is 0 Å². The lowest BCUT2D eigenvalue weighted by atomic mass is 10.1. The Morgan fingerprint density at radius 3 is 2.00 bits per heavy atom. The Balaban J connectivity index is 1.28. The molecule has 0 radical (unpaired) electrons. The summed E-state index contributed by atoms with van der Waals surface area (Å²) >= 11 is 0. The van der Waals surface area contributed by atoms with E-state index in [1.165, 1.54) is 0 Å². The fourth-order valence-corrected chi connectivity index (χ4v) is 3.95. The van der Waals surface area contributed by atoms with Gasteiger partial charge < -0.3 is 19.3 Å². The SMILES string of the molecule is O=C(OCc1ccccc1)N1C[C@H]2CCN(C(=O)OCc3ccccc3)[C@H]2C1. The first kappa shape index (κ1) is 18.3. The summed E-state index contributed by atoms with van der Waals surface area (Å²) in [6.45, 7) is 2.32. The monoisotopic (exact) mass is 380 g/mol. The molecular weight excluding hydrogens is 356 g/mol. The molecular formula is C22H24N2O4. The van der Waals surface area contributed by atoms with Gasteiger partial charge in [-0.25, -0.2) is 9.59 Å². The molecule has 6 nitrogen and oxygen atoms in total. The van der Waals surface area contributed by atoms with Gasteiger partial charge in [-0.2, -0.15) is 0 Å². The molecule has 0 spiro atoms. The zero-order valence-corrected chi connectivity index (χ0v) is 15.7. The number of carbonyl (C=O) groups excluding carboxylic acids is 2. The van der Waals surface area contributed by atoms with Crippen molar-refractivity contribution in [2.24, 2.45) is 5.92 Å².